The summed E-state index contributed by atoms with van der Waals surface area (Å²) in [6, 6.07) is 9.90. The Labute approximate surface area is 159 Å². The van der Waals surface area contributed by atoms with E-state index in [1.807, 2.05) is 0 Å². The summed E-state index contributed by atoms with van der Waals surface area (Å²) in [5, 5.41) is 2.71. The molecule has 0 radical (unpaired) electrons. The molecule has 0 saturated carbocycles. The van der Waals surface area contributed by atoms with Crippen molar-refractivity contribution in [1.82, 2.24) is 9.62 Å². The first-order valence-electron chi connectivity index (χ1n) is 8.31. The Morgan fingerprint density at radius 3 is 2.41 bits per heavy atom. The van der Waals surface area contributed by atoms with Gasteiger partial charge in [-0.15, -0.1) is 0 Å². The van der Waals surface area contributed by atoms with Gasteiger partial charge in [-0.1, -0.05) is 12.1 Å². The number of methoxy groups -OCH3 is 1. The van der Waals surface area contributed by atoms with Gasteiger partial charge in [0.05, 0.1) is 24.6 Å². The number of sulfonamides is 1. The summed E-state index contributed by atoms with van der Waals surface area (Å²) < 4.78 is 44.5. The van der Waals surface area contributed by atoms with E-state index in [-0.39, 0.29) is 23.3 Å². The Hall–Kier alpha value is -2.45. The first-order chi connectivity index (χ1) is 12.6. The molecule has 0 spiro atoms. The fourth-order valence-electron chi connectivity index (χ4n) is 2.60. The molecule has 2 aromatic carbocycles. The van der Waals surface area contributed by atoms with Crippen molar-refractivity contribution in [3.63, 3.8) is 0 Å². The number of carbonyl (C=O) groups excluding carboxylic acids is 1. The van der Waals surface area contributed by atoms with E-state index in [1.54, 1.807) is 32.0 Å². The number of aryl methyl sites for hydroxylation is 1. The normalized spacial score (nSPS) is 12.7. The summed E-state index contributed by atoms with van der Waals surface area (Å²) in [5.41, 5.74) is 1.40. The fourth-order valence-corrected chi connectivity index (χ4v) is 3.81. The number of rotatable bonds is 7. The minimum Gasteiger partial charge on any atom is -0.496 e. The Kier molecular flexibility index (Phi) is 6.56. The Morgan fingerprint density at radius 1 is 1.22 bits per heavy atom. The van der Waals surface area contributed by atoms with Crippen LogP contribution in [-0.4, -0.2) is 39.3 Å². The molecule has 8 heteroatoms. The molecule has 0 heterocycles. The number of likely N-dealkylation sites (N-methyl/N-ethyl adjacent to an activating group) is 1. The number of benzene rings is 2. The lowest BCUT2D eigenvalue weighted by atomic mass is 10.1. The van der Waals surface area contributed by atoms with Crippen LogP contribution in [-0.2, 0) is 14.8 Å². The monoisotopic (exact) mass is 394 g/mol. The molecule has 0 aliphatic heterocycles. The summed E-state index contributed by atoms with van der Waals surface area (Å²) >= 11 is 0. The first kappa shape index (κ1) is 20.9. The van der Waals surface area contributed by atoms with Gasteiger partial charge in [0.25, 0.3) is 0 Å². The van der Waals surface area contributed by atoms with Gasteiger partial charge in [-0.3, -0.25) is 4.79 Å². The zero-order valence-corrected chi connectivity index (χ0v) is 16.5. The molecule has 0 aromatic heterocycles. The molecule has 0 aliphatic carbocycles. The van der Waals surface area contributed by atoms with Gasteiger partial charge in [-0.2, -0.15) is 4.31 Å². The van der Waals surface area contributed by atoms with E-state index in [0.29, 0.717) is 11.3 Å². The third-order valence-electron chi connectivity index (χ3n) is 4.19. The van der Waals surface area contributed by atoms with Crippen LogP contribution in [0.1, 0.15) is 24.1 Å². The second-order valence-electron chi connectivity index (χ2n) is 6.23. The zero-order valence-electron chi connectivity index (χ0n) is 15.7. The molecule has 1 unspecified atom stereocenters. The average Bonchev–Trinajstić information content (AvgIpc) is 2.61. The molecule has 0 aliphatic rings. The van der Waals surface area contributed by atoms with E-state index in [1.165, 1.54) is 38.4 Å². The van der Waals surface area contributed by atoms with Crippen molar-refractivity contribution in [3.8, 4) is 5.75 Å². The van der Waals surface area contributed by atoms with Crippen LogP contribution in [0.5, 0.6) is 5.75 Å². The van der Waals surface area contributed by atoms with Gasteiger partial charge in [-0.25, -0.2) is 12.8 Å². The smallest absolute Gasteiger partial charge is 0.243 e. The van der Waals surface area contributed by atoms with E-state index in [4.69, 9.17) is 4.74 Å². The van der Waals surface area contributed by atoms with Gasteiger partial charge < -0.3 is 10.1 Å². The van der Waals surface area contributed by atoms with Gasteiger partial charge in [0, 0.05) is 7.05 Å². The van der Waals surface area contributed by atoms with Crippen molar-refractivity contribution >= 4 is 15.9 Å². The van der Waals surface area contributed by atoms with Crippen LogP contribution < -0.4 is 10.1 Å². The predicted octanol–water partition coefficient (Wildman–Crippen LogP) is 2.64. The minimum absolute atomic E-state index is 0.0858. The molecule has 1 atom stereocenters. The average molecular weight is 394 g/mol. The molecule has 0 bridgehead atoms. The Balaban J connectivity index is 2.06. The van der Waals surface area contributed by atoms with Crippen LogP contribution >= 0.6 is 0 Å². The van der Waals surface area contributed by atoms with Crippen LogP contribution in [0.2, 0.25) is 0 Å². The Bertz CT molecular complexity index is 914. The van der Waals surface area contributed by atoms with Gasteiger partial charge in [-0.05, 0) is 55.3 Å². The van der Waals surface area contributed by atoms with Crippen LogP contribution in [0.4, 0.5) is 4.39 Å². The van der Waals surface area contributed by atoms with Gasteiger partial charge >= 0.3 is 0 Å². The lowest BCUT2D eigenvalue weighted by molar-refractivity contribution is -0.121. The van der Waals surface area contributed by atoms with Gasteiger partial charge in [0.15, 0.2) is 0 Å². The molecule has 1 amide bonds. The largest absolute Gasteiger partial charge is 0.496 e. The van der Waals surface area contributed by atoms with Gasteiger partial charge in [0.1, 0.15) is 11.6 Å². The highest BCUT2D eigenvalue weighted by atomic mass is 32.2. The van der Waals surface area contributed by atoms with Crippen LogP contribution in [0.15, 0.2) is 47.4 Å². The molecule has 0 fully saturated rings. The molecule has 2 aromatic rings. The third kappa shape index (κ3) is 5.05. The highest BCUT2D eigenvalue weighted by molar-refractivity contribution is 7.89. The summed E-state index contributed by atoms with van der Waals surface area (Å²) in [5.74, 6) is -0.233. The highest BCUT2D eigenvalue weighted by Crippen LogP contribution is 2.23. The number of nitrogens with zero attached hydrogens (tertiary/aromatic N) is 1. The Morgan fingerprint density at radius 2 is 1.85 bits per heavy atom. The summed E-state index contributed by atoms with van der Waals surface area (Å²) in [6.45, 7) is 3.15. The van der Waals surface area contributed by atoms with Crippen molar-refractivity contribution in [1.29, 1.82) is 0 Å². The van der Waals surface area contributed by atoms with E-state index in [9.17, 15) is 17.6 Å². The van der Waals surface area contributed by atoms with Crippen molar-refractivity contribution in [3.05, 3.63) is 59.4 Å². The summed E-state index contributed by atoms with van der Waals surface area (Å²) in [4.78, 5) is 12.3. The van der Waals surface area contributed by atoms with Crippen molar-refractivity contribution < 1.29 is 22.3 Å². The van der Waals surface area contributed by atoms with E-state index in [2.05, 4.69) is 5.32 Å². The molecule has 0 saturated heterocycles. The highest BCUT2D eigenvalue weighted by Gasteiger charge is 2.24. The SMILES string of the molecule is COc1ccc(S(=O)(=O)N(C)CC(=O)NC(C)c2ccc(F)cc2)cc1C. The second-order valence-corrected chi connectivity index (χ2v) is 8.28. The van der Waals surface area contributed by atoms with Crippen molar-refractivity contribution in [2.75, 3.05) is 20.7 Å². The van der Waals surface area contributed by atoms with Crippen LogP contribution in [0.25, 0.3) is 0 Å². The molecule has 27 heavy (non-hydrogen) atoms. The van der Waals surface area contributed by atoms with E-state index >= 15 is 0 Å². The number of halogens is 1. The number of nitrogens with one attached hydrogen (secondary N) is 1. The van der Waals surface area contributed by atoms with Crippen molar-refractivity contribution in [2.45, 2.75) is 24.8 Å². The molecule has 1 N–H and O–H groups in total. The first-order valence-corrected chi connectivity index (χ1v) is 9.75. The molecular weight excluding hydrogens is 371 g/mol. The number of carbonyl (C=O) groups is 1. The van der Waals surface area contributed by atoms with Crippen LogP contribution in [0.3, 0.4) is 0 Å². The third-order valence-corrected chi connectivity index (χ3v) is 5.99. The lowest BCUT2D eigenvalue weighted by Gasteiger charge is -2.20. The summed E-state index contributed by atoms with van der Waals surface area (Å²) in [6.07, 6.45) is 0. The van der Waals surface area contributed by atoms with E-state index < -0.39 is 15.9 Å². The number of amides is 1. The standard InChI is InChI=1S/C19H23FN2O4S/c1-13-11-17(9-10-18(13)26-4)27(24,25)22(3)12-19(23)21-14(2)15-5-7-16(20)8-6-15/h5-11,14H,12H2,1-4H3,(H,21,23). The zero-order chi connectivity index (χ0) is 20.2. The van der Waals surface area contributed by atoms with Crippen LogP contribution in [0, 0.1) is 12.7 Å². The van der Waals surface area contributed by atoms with E-state index in [0.717, 1.165) is 9.87 Å². The minimum atomic E-state index is -3.82. The molecular formula is C19H23FN2O4S. The lowest BCUT2D eigenvalue weighted by Crippen LogP contribution is -2.39. The van der Waals surface area contributed by atoms with Crippen molar-refractivity contribution in [2.24, 2.45) is 0 Å². The summed E-state index contributed by atoms with van der Waals surface area (Å²) in [7, 11) is -0.967. The predicted molar refractivity (Wildman–Crippen MR) is 101 cm³/mol. The second kappa shape index (κ2) is 8.49. The van der Waals surface area contributed by atoms with Gasteiger partial charge in [0.2, 0.25) is 15.9 Å². The molecule has 146 valence electrons. The number of hydrogen-bond donors (Lipinski definition) is 1. The number of ether oxygens (including phenoxy) is 1. The maximum Gasteiger partial charge on any atom is 0.243 e. The molecule has 6 nitrogen and oxygen atoms in total. The maximum atomic E-state index is 13.0. The maximum absolute atomic E-state index is 13.0. The topological polar surface area (TPSA) is 75.7 Å². The fraction of sp³-hybridized carbons (Fsp3) is 0.316. The quantitative estimate of drug-likeness (QED) is 0.783. The number of hydrogen-bond acceptors (Lipinski definition) is 4. The molecule has 2 rings (SSSR count).